The van der Waals surface area contributed by atoms with Crippen LogP contribution in [0.15, 0.2) is 77.8 Å². The van der Waals surface area contributed by atoms with Crippen molar-refractivity contribution in [2.24, 2.45) is 0 Å². The van der Waals surface area contributed by atoms with Crippen LogP contribution in [0.3, 0.4) is 0 Å². The maximum Gasteiger partial charge on any atom is 0.224 e. The largest absolute Gasteiger partial charge is 0.396 e. The van der Waals surface area contributed by atoms with Crippen molar-refractivity contribution < 1.29 is 5.11 Å². The molecule has 0 aliphatic heterocycles. The first-order valence-corrected chi connectivity index (χ1v) is 17.0. The average molecular weight is 612 g/mol. The van der Waals surface area contributed by atoms with Crippen LogP contribution in [0.5, 0.6) is 0 Å². The Bertz CT molecular complexity index is 1280. The van der Waals surface area contributed by atoms with Crippen molar-refractivity contribution in [2.45, 2.75) is 68.7 Å². The fourth-order valence-electron chi connectivity index (χ4n) is 6.11. The lowest BCUT2D eigenvalue weighted by Crippen LogP contribution is -2.41. The molecule has 4 N–H and O–H groups in total. The van der Waals surface area contributed by atoms with Crippen molar-refractivity contribution in [3.63, 3.8) is 0 Å². The lowest BCUT2D eigenvalue weighted by molar-refractivity contribution is 0.220. The number of nitrogens with one attached hydrogen (secondary N) is 3. The highest BCUT2D eigenvalue weighted by Gasteiger charge is 2.54. The van der Waals surface area contributed by atoms with Gasteiger partial charge in [-0.1, -0.05) is 81.4 Å². The zero-order chi connectivity index (χ0) is 30.7. The molecule has 44 heavy (non-hydrogen) atoms. The van der Waals surface area contributed by atoms with Crippen molar-refractivity contribution >= 4 is 29.5 Å². The first-order chi connectivity index (χ1) is 21.7. The van der Waals surface area contributed by atoms with Gasteiger partial charge in [-0.15, -0.1) is 11.8 Å². The highest BCUT2D eigenvalue weighted by atomic mass is 32.2. The van der Waals surface area contributed by atoms with E-state index in [4.69, 9.17) is 19.9 Å². The van der Waals surface area contributed by atoms with Gasteiger partial charge in [-0.3, -0.25) is 0 Å². The first-order valence-electron chi connectivity index (χ1n) is 16.0. The third kappa shape index (κ3) is 7.50. The Morgan fingerprint density at radius 2 is 1.11 bits per heavy atom. The highest BCUT2D eigenvalue weighted by Crippen LogP contribution is 2.66. The number of thioether (sulfide) groups is 1. The summed E-state index contributed by atoms with van der Waals surface area (Å²) in [5.41, 5.74) is 4.58. The van der Waals surface area contributed by atoms with Crippen LogP contribution in [0.1, 0.15) is 86.2 Å². The first kappa shape index (κ1) is 31.7. The molecule has 0 radical (unpaired) electrons. The number of benzene rings is 2. The van der Waals surface area contributed by atoms with Gasteiger partial charge >= 0.3 is 0 Å². The zero-order valence-electron chi connectivity index (χ0n) is 26.0. The van der Waals surface area contributed by atoms with Crippen LogP contribution < -0.4 is 16.0 Å². The fourth-order valence-corrected chi connectivity index (χ4v) is 6.77. The van der Waals surface area contributed by atoms with E-state index in [1.165, 1.54) is 11.1 Å². The maximum atomic E-state index is 9.57. The van der Waals surface area contributed by atoms with Crippen LogP contribution in [-0.2, 0) is 0 Å². The normalized spacial score (nSPS) is 19.3. The lowest BCUT2D eigenvalue weighted by atomic mass is 9.50. The molecular formula is C35H45N7OS. The molecule has 0 saturated heterocycles. The van der Waals surface area contributed by atoms with Gasteiger partial charge in [0.25, 0.3) is 0 Å². The molecule has 2 aromatic carbocycles. The topological polar surface area (TPSA) is 108 Å². The molecule has 5 rings (SSSR count). The molecule has 1 aliphatic rings. The molecule has 1 saturated carbocycles. The molecule has 2 aromatic heterocycles. The number of hydrogen-bond acceptors (Lipinski definition) is 9. The van der Waals surface area contributed by atoms with E-state index in [9.17, 15) is 5.11 Å². The molecule has 1 fully saturated rings. The van der Waals surface area contributed by atoms with Gasteiger partial charge in [0.05, 0.1) is 18.0 Å². The summed E-state index contributed by atoms with van der Waals surface area (Å²) in [6.07, 6.45) is 2.99. The molecule has 2 heterocycles. The number of anilines is 3. The van der Waals surface area contributed by atoms with Crippen molar-refractivity contribution in [2.75, 3.05) is 47.9 Å². The van der Waals surface area contributed by atoms with Crippen molar-refractivity contribution in [3.8, 4) is 0 Å². The molecular weight excluding hydrogens is 567 g/mol. The summed E-state index contributed by atoms with van der Waals surface area (Å²) < 4.78 is 0. The minimum absolute atomic E-state index is 0.0949. The number of hydrogen-bond donors (Lipinski definition) is 4. The van der Waals surface area contributed by atoms with Gasteiger partial charge in [-0.25, -0.2) is 15.0 Å². The van der Waals surface area contributed by atoms with E-state index < -0.39 is 0 Å². The summed E-state index contributed by atoms with van der Waals surface area (Å²) in [5, 5.41) is 20.8. The molecule has 0 amide bonds. The van der Waals surface area contributed by atoms with Crippen molar-refractivity contribution in [1.29, 1.82) is 0 Å². The second kappa shape index (κ2) is 15.9. The summed E-state index contributed by atoms with van der Waals surface area (Å²) in [5.74, 6) is 3.23. The molecule has 9 heteroatoms. The van der Waals surface area contributed by atoms with E-state index in [0.29, 0.717) is 17.6 Å². The SMILES string of the molecule is CCCNc1cc([C@H]2[C@H](c3ccccc3)[C@H](c3cc(SCCO)nc(NCCC)n3)[C@H]2c2ccccc2)nc(NCCC)n1. The molecule has 2 atom stereocenters. The van der Waals surface area contributed by atoms with Gasteiger partial charge in [0.2, 0.25) is 11.9 Å². The smallest absolute Gasteiger partial charge is 0.224 e. The van der Waals surface area contributed by atoms with E-state index in [2.05, 4.69) is 110 Å². The molecule has 8 nitrogen and oxygen atoms in total. The van der Waals surface area contributed by atoms with Crippen molar-refractivity contribution in [1.82, 2.24) is 19.9 Å². The summed E-state index contributed by atoms with van der Waals surface area (Å²) in [6.45, 7) is 9.02. The summed E-state index contributed by atoms with van der Waals surface area (Å²) >= 11 is 1.57. The molecule has 232 valence electrons. The van der Waals surface area contributed by atoms with Gasteiger partial charge in [0, 0.05) is 55.1 Å². The van der Waals surface area contributed by atoms with Crippen LogP contribution >= 0.6 is 11.8 Å². The summed E-state index contributed by atoms with van der Waals surface area (Å²) in [6, 6.07) is 25.9. The van der Waals surface area contributed by atoms with Crippen LogP contribution in [0.4, 0.5) is 17.7 Å². The standard InChI is InChI=1S/C35H45N7OS/c1-4-17-36-28-22-26(39-34(41-28)37-18-5-2)32-30(24-13-9-7-10-14-24)33(31(32)25-15-11-8-12-16-25)27-23-29(44-21-20-43)42-35(40-27)38-19-6-3/h7-16,22-23,30-33,43H,4-6,17-21H2,1-3H3,(H,38,40,42)(H2,36,37,39,41)/t30-,31-,32-,33-/m0/s1. The van der Waals surface area contributed by atoms with Gasteiger partial charge in [-0.2, -0.15) is 4.98 Å². The maximum absolute atomic E-state index is 9.57. The zero-order valence-corrected chi connectivity index (χ0v) is 26.9. The molecule has 0 unspecified atom stereocenters. The Morgan fingerprint density at radius 3 is 1.64 bits per heavy atom. The second-order valence-electron chi connectivity index (χ2n) is 11.2. The third-order valence-electron chi connectivity index (χ3n) is 8.03. The van der Waals surface area contributed by atoms with E-state index >= 15 is 0 Å². The molecule has 4 aromatic rings. The van der Waals surface area contributed by atoms with E-state index in [0.717, 1.165) is 61.1 Å². The van der Waals surface area contributed by atoms with Crippen molar-refractivity contribution in [3.05, 3.63) is 95.3 Å². The summed E-state index contributed by atoms with van der Waals surface area (Å²) in [4.78, 5) is 19.9. The Hall–Kier alpha value is -3.69. The Balaban J connectivity index is 1.67. The average Bonchev–Trinajstić information content (AvgIpc) is 3.05. The lowest BCUT2D eigenvalue weighted by Gasteiger charge is -2.52. The van der Waals surface area contributed by atoms with E-state index in [1.54, 1.807) is 11.8 Å². The van der Waals surface area contributed by atoms with Gasteiger partial charge < -0.3 is 21.1 Å². The predicted molar refractivity (Wildman–Crippen MR) is 182 cm³/mol. The Labute approximate surface area is 266 Å². The number of rotatable bonds is 16. The number of aliphatic hydroxyl groups is 1. The van der Waals surface area contributed by atoms with Crippen LogP contribution in [0.25, 0.3) is 0 Å². The highest BCUT2D eigenvalue weighted by molar-refractivity contribution is 7.99. The predicted octanol–water partition coefficient (Wildman–Crippen LogP) is 7.27. The molecule has 0 bridgehead atoms. The van der Waals surface area contributed by atoms with Gasteiger partial charge in [0.15, 0.2) is 0 Å². The van der Waals surface area contributed by atoms with Crippen LogP contribution in [0.2, 0.25) is 0 Å². The van der Waals surface area contributed by atoms with Gasteiger partial charge in [-0.05, 0) is 36.5 Å². The monoisotopic (exact) mass is 611 g/mol. The third-order valence-corrected chi connectivity index (χ3v) is 8.92. The minimum Gasteiger partial charge on any atom is -0.396 e. The second-order valence-corrected chi connectivity index (χ2v) is 12.3. The quantitative estimate of drug-likeness (QED) is 0.0769. The van der Waals surface area contributed by atoms with Gasteiger partial charge in [0.1, 0.15) is 10.8 Å². The number of nitrogens with zero attached hydrogens (tertiary/aromatic N) is 4. The molecule has 0 spiro atoms. The molecule has 1 aliphatic carbocycles. The van der Waals surface area contributed by atoms with E-state index in [1.807, 2.05) is 0 Å². The Kier molecular flexibility index (Phi) is 11.4. The Morgan fingerprint density at radius 1 is 0.614 bits per heavy atom. The summed E-state index contributed by atoms with van der Waals surface area (Å²) in [7, 11) is 0. The minimum atomic E-state index is 0.0949. The van der Waals surface area contributed by atoms with E-state index in [-0.39, 0.29) is 30.3 Å². The van der Waals surface area contributed by atoms with Crippen LogP contribution in [-0.4, -0.2) is 57.0 Å². The number of aliphatic hydroxyl groups excluding tert-OH is 1. The number of aromatic nitrogens is 4. The van der Waals surface area contributed by atoms with Crippen LogP contribution in [0, 0.1) is 0 Å². The fraction of sp³-hybridized carbons (Fsp3) is 0.429.